The normalized spacial score (nSPS) is 22.7. The van der Waals surface area contributed by atoms with E-state index in [0.717, 1.165) is 5.56 Å². The topological polar surface area (TPSA) is 361 Å². The molecule has 24 nitrogen and oxygen atoms in total. The summed E-state index contributed by atoms with van der Waals surface area (Å²) in [4.78, 5) is 137. The average molecular weight is 1240 g/mol. The number of nitrogens with two attached hydrogens (primary N) is 2. The highest BCUT2D eigenvalue weighted by Crippen LogP contribution is 2.24. The fraction of sp³-hybridized carbons (Fsp3) is 0.633. The molecule has 3 aliphatic heterocycles. The molecule has 14 N–H and O–H groups in total. The van der Waals surface area contributed by atoms with Gasteiger partial charge in [0.2, 0.25) is 59.1 Å². The molecule has 10 amide bonds. The Morgan fingerprint density at radius 3 is 1.81 bits per heavy atom. The number of ether oxygens (including phenoxy) is 2. The molecule has 3 fully saturated rings. The predicted molar refractivity (Wildman–Crippen MR) is 330 cm³/mol. The summed E-state index contributed by atoms with van der Waals surface area (Å²) in [6.07, 6.45) is -0.501. The minimum absolute atomic E-state index is 0.00553. The average Bonchev–Trinajstić information content (AvgIpc) is 3.03. The third-order valence-electron chi connectivity index (χ3n) is 15.1. The molecule has 3 heterocycles. The van der Waals surface area contributed by atoms with E-state index in [0.29, 0.717) is 68.6 Å². The second-order valence-electron chi connectivity index (χ2n) is 23.2. The maximum absolute atomic E-state index is 14.7. The van der Waals surface area contributed by atoms with Crippen LogP contribution in [-0.2, 0) is 70.3 Å². The summed E-state index contributed by atoms with van der Waals surface area (Å²) in [6, 6.07) is 9.92. The molecule has 26 heteroatoms. The zero-order valence-electron chi connectivity index (χ0n) is 49.9. The van der Waals surface area contributed by atoms with Gasteiger partial charge >= 0.3 is 0 Å². The van der Waals surface area contributed by atoms with Gasteiger partial charge in [-0.3, -0.25) is 47.9 Å². The molecule has 0 unspecified atom stereocenters. The van der Waals surface area contributed by atoms with E-state index in [1.807, 2.05) is 58.0 Å². The largest absolute Gasteiger partial charge is 0.362 e. The van der Waals surface area contributed by atoms with Crippen LogP contribution in [0.2, 0.25) is 0 Å². The van der Waals surface area contributed by atoms with Crippen LogP contribution in [0.3, 0.4) is 0 Å². The molecule has 0 saturated carbocycles. The van der Waals surface area contributed by atoms with Crippen molar-refractivity contribution in [2.75, 3.05) is 37.7 Å². The van der Waals surface area contributed by atoms with Crippen LogP contribution in [0.5, 0.6) is 0 Å². The van der Waals surface area contributed by atoms with Crippen molar-refractivity contribution in [1.82, 2.24) is 53.2 Å². The van der Waals surface area contributed by atoms with Crippen molar-refractivity contribution in [2.24, 2.45) is 23.3 Å². The van der Waals surface area contributed by atoms with Gasteiger partial charge in [0.1, 0.15) is 42.4 Å². The Labute approximate surface area is 515 Å². The first kappa shape index (κ1) is 70.4. The van der Waals surface area contributed by atoms with Crippen molar-refractivity contribution in [3.63, 3.8) is 0 Å². The molecular formula is C60H92N12O12S2. The van der Waals surface area contributed by atoms with Crippen LogP contribution < -0.4 is 64.6 Å². The lowest BCUT2D eigenvalue weighted by atomic mass is 9.99. The number of amides is 10. The summed E-state index contributed by atoms with van der Waals surface area (Å²) < 4.78 is 12.3. The van der Waals surface area contributed by atoms with Crippen molar-refractivity contribution in [3.05, 3.63) is 71.8 Å². The first-order chi connectivity index (χ1) is 41.2. The van der Waals surface area contributed by atoms with Gasteiger partial charge in [-0.25, -0.2) is 0 Å². The SMILES string of the molecule is CC(C)C[C@@H]1NC(=O)[C@H](Cc2ccccc2)NC(=O)[C@@H]2C[C@H](NC(=O)[C@H](CCCCNC(=O)CCS)NC(=O)[C@H](CC(C)C)NC(=O)[C@H](Cc3ccccc3)NC(=O)[C@@H]3C[C@H](NC(=O)[C@@H](N)CCCCNC(=O)CCS)[C@@H](CN)O3)[C@@H](CNC1=O)O2. The number of carbonyl (C=O) groups excluding carboxylic acids is 10. The van der Waals surface area contributed by atoms with E-state index in [-0.39, 0.29) is 88.2 Å². The molecule has 476 valence electrons. The van der Waals surface area contributed by atoms with Gasteiger partial charge in [0, 0.05) is 64.7 Å². The van der Waals surface area contributed by atoms with E-state index in [1.165, 1.54) is 0 Å². The summed E-state index contributed by atoms with van der Waals surface area (Å²) in [5.74, 6) is -4.41. The van der Waals surface area contributed by atoms with Gasteiger partial charge in [0.05, 0.1) is 30.3 Å². The lowest BCUT2D eigenvalue weighted by Gasteiger charge is -2.28. The summed E-state index contributed by atoms with van der Waals surface area (Å²) >= 11 is 8.20. The van der Waals surface area contributed by atoms with Crippen LogP contribution in [0, 0.1) is 11.8 Å². The fourth-order valence-corrected chi connectivity index (χ4v) is 10.9. The summed E-state index contributed by atoms with van der Waals surface area (Å²) in [6.45, 7) is 8.10. The van der Waals surface area contributed by atoms with Gasteiger partial charge in [-0.15, -0.1) is 0 Å². The smallest absolute Gasteiger partial charge is 0.249 e. The number of hydrogen-bond acceptors (Lipinski definition) is 16. The number of thiol groups is 2. The monoisotopic (exact) mass is 1240 g/mol. The summed E-state index contributed by atoms with van der Waals surface area (Å²) in [5, 5.41) is 28.6. The molecule has 2 aromatic rings. The third kappa shape index (κ3) is 23.7. The van der Waals surface area contributed by atoms with Crippen LogP contribution >= 0.6 is 25.3 Å². The second-order valence-corrected chi connectivity index (χ2v) is 24.1. The highest BCUT2D eigenvalue weighted by Gasteiger charge is 2.44. The number of unbranched alkanes of at least 4 members (excludes halogenated alkanes) is 2. The summed E-state index contributed by atoms with van der Waals surface area (Å²) in [7, 11) is 0. The van der Waals surface area contributed by atoms with Gasteiger partial charge in [0.15, 0.2) is 0 Å². The van der Waals surface area contributed by atoms with Crippen molar-refractivity contribution < 1.29 is 57.4 Å². The maximum atomic E-state index is 14.7. The fourth-order valence-electron chi connectivity index (χ4n) is 10.5. The number of carbonyl (C=O) groups is 10. The molecule has 0 spiro atoms. The van der Waals surface area contributed by atoms with Crippen molar-refractivity contribution >= 4 is 84.3 Å². The van der Waals surface area contributed by atoms with E-state index in [2.05, 4.69) is 78.4 Å². The molecule has 3 aliphatic rings. The molecule has 2 bridgehead atoms. The Balaban J connectivity index is 1.32. The van der Waals surface area contributed by atoms with E-state index >= 15 is 0 Å². The predicted octanol–water partition coefficient (Wildman–Crippen LogP) is -0.0988. The van der Waals surface area contributed by atoms with E-state index < -0.39 is 120 Å². The zero-order chi connectivity index (χ0) is 62.7. The van der Waals surface area contributed by atoms with E-state index in [4.69, 9.17) is 20.9 Å². The Morgan fingerprint density at radius 1 is 0.628 bits per heavy atom. The van der Waals surface area contributed by atoms with Gasteiger partial charge < -0.3 is 74.1 Å². The van der Waals surface area contributed by atoms with Gasteiger partial charge in [-0.1, -0.05) is 88.4 Å². The minimum atomic E-state index is -1.24. The van der Waals surface area contributed by atoms with Crippen LogP contribution in [0.4, 0.5) is 0 Å². The second kappa shape index (κ2) is 36.7. The molecule has 12 atom stereocenters. The number of rotatable bonds is 33. The highest BCUT2D eigenvalue weighted by atomic mass is 32.1. The Kier molecular flexibility index (Phi) is 30.1. The molecule has 2 aromatic carbocycles. The zero-order valence-corrected chi connectivity index (χ0v) is 51.7. The Hall–Kier alpha value is -6.32. The van der Waals surface area contributed by atoms with Gasteiger partial charge in [-0.2, -0.15) is 25.3 Å². The molecule has 0 radical (unpaired) electrons. The molecule has 0 aliphatic carbocycles. The number of fused-ring (bicyclic) bond motifs is 2. The number of nitrogens with one attached hydrogen (secondary N) is 10. The lowest BCUT2D eigenvalue weighted by Crippen LogP contribution is -2.59. The van der Waals surface area contributed by atoms with E-state index in [9.17, 15) is 47.9 Å². The number of benzene rings is 2. The minimum Gasteiger partial charge on any atom is -0.362 e. The molecular weight excluding hydrogens is 1140 g/mol. The van der Waals surface area contributed by atoms with Crippen molar-refractivity contribution in [2.45, 2.75) is 190 Å². The molecule has 0 aromatic heterocycles. The number of hydrogen-bond donors (Lipinski definition) is 14. The van der Waals surface area contributed by atoms with Crippen LogP contribution in [-0.4, -0.2) is 170 Å². The van der Waals surface area contributed by atoms with E-state index in [1.54, 1.807) is 30.3 Å². The third-order valence-corrected chi connectivity index (χ3v) is 15.6. The van der Waals surface area contributed by atoms with Crippen molar-refractivity contribution in [3.8, 4) is 0 Å². The Morgan fingerprint density at radius 2 is 1.21 bits per heavy atom. The van der Waals surface area contributed by atoms with Crippen LogP contribution in [0.1, 0.15) is 116 Å². The molecule has 86 heavy (non-hydrogen) atoms. The Bertz CT molecular complexity index is 2550. The molecule has 3 saturated heterocycles. The quantitative estimate of drug-likeness (QED) is 0.0328. The van der Waals surface area contributed by atoms with Crippen molar-refractivity contribution in [1.29, 1.82) is 0 Å². The maximum Gasteiger partial charge on any atom is 0.249 e. The standard InChI is InChI=1S/C60H92N12O12S2/c1-35(2)27-43-54(76)65-34-50-42(32-48(84-50)60(82)72-45(57(79)69-43)29-37-15-7-5-8-16-37)68-55(77)40(20-12-14-24-64-52(74)22-26-86)66-56(78)44(28-36(3)4)70-58(80)46(30-38-17-9-6-10-18-38)71-59(81)47-31-41(49(33-61)83-47)67-53(75)39(62)19-11-13-23-63-51(73)21-25-85/h5-10,15-18,35-36,39-50,85-86H,11-14,19-34,61-62H2,1-4H3,(H,63,73)(H,64,74)(H,65,76)(H,66,78)(H,67,75)(H,68,77)(H,69,79)(H,70,80)(H,71,81)(H,72,82)/t39-,40-,41-,42-,43-,44-,45-,46-,47-,48-,49+,50+/m0/s1. The van der Waals surface area contributed by atoms with Crippen LogP contribution in [0.25, 0.3) is 0 Å². The highest BCUT2D eigenvalue weighted by molar-refractivity contribution is 7.80. The lowest BCUT2D eigenvalue weighted by molar-refractivity contribution is -0.138. The van der Waals surface area contributed by atoms with Gasteiger partial charge in [-0.05, 0) is 85.8 Å². The van der Waals surface area contributed by atoms with Gasteiger partial charge in [0.25, 0.3) is 0 Å². The first-order valence-electron chi connectivity index (χ1n) is 30.2. The molecule has 5 rings (SSSR count). The van der Waals surface area contributed by atoms with Crippen LogP contribution in [0.15, 0.2) is 60.7 Å². The first-order valence-corrected chi connectivity index (χ1v) is 31.4. The summed E-state index contributed by atoms with van der Waals surface area (Å²) in [5.41, 5.74) is 13.8.